The van der Waals surface area contributed by atoms with E-state index in [1.807, 2.05) is 34.7 Å². The second kappa shape index (κ2) is 7.84. The number of aryl methyl sites for hydroxylation is 1. The number of aromatic nitrogens is 2. The molecule has 7 heteroatoms. The van der Waals surface area contributed by atoms with Gasteiger partial charge in [-0.3, -0.25) is 4.79 Å². The molecule has 0 bridgehead atoms. The van der Waals surface area contributed by atoms with Crippen LogP contribution >= 0.6 is 0 Å². The van der Waals surface area contributed by atoms with Crippen molar-refractivity contribution in [2.45, 2.75) is 25.3 Å². The van der Waals surface area contributed by atoms with E-state index < -0.39 is 0 Å². The van der Waals surface area contributed by atoms with Gasteiger partial charge in [0.05, 0.1) is 17.6 Å². The van der Waals surface area contributed by atoms with Gasteiger partial charge in [0.2, 0.25) is 5.95 Å². The van der Waals surface area contributed by atoms with Crippen molar-refractivity contribution in [3.05, 3.63) is 23.8 Å². The molecule has 25 heavy (non-hydrogen) atoms. The summed E-state index contributed by atoms with van der Waals surface area (Å²) in [5, 5.41) is 3.25. The Labute approximate surface area is 148 Å². The monoisotopic (exact) mass is 345 g/mol. The second-order valence-electron chi connectivity index (χ2n) is 6.60. The Morgan fingerprint density at radius 2 is 2.24 bits per heavy atom. The number of ether oxygens (including phenoxy) is 1. The maximum absolute atomic E-state index is 12.8. The molecule has 0 spiro atoms. The number of likely N-dealkylation sites (tertiary alicyclic amines) is 1. The van der Waals surface area contributed by atoms with Crippen LogP contribution in [0.15, 0.2) is 18.2 Å². The Balaban J connectivity index is 1.79. The molecular weight excluding hydrogens is 318 g/mol. The molecule has 1 fully saturated rings. The summed E-state index contributed by atoms with van der Waals surface area (Å²) in [6.07, 6.45) is 2.82. The van der Waals surface area contributed by atoms with E-state index in [-0.39, 0.29) is 11.9 Å². The summed E-state index contributed by atoms with van der Waals surface area (Å²) in [5.74, 6) is 0.841. The summed E-state index contributed by atoms with van der Waals surface area (Å²) in [4.78, 5) is 19.3. The zero-order valence-corrected chi connectivity index (χ0v) is 15.0. The van der Waals surface area contributed by atoms with Gasteiger partial charge < -0.3 is 25.3 Å². The van der Waals surface area contributed by atoms with Crippen molar-refractivity contribution in [3.8, 4) is 0 Å². The van der Waals surface area contributed by atoms with E-state index in [0.29, 0.717) is 18.7 Å². The lowest BCUT2D eigenvalue weighted by molar-refractivity contribution is 0.0761. The highest BCUT2D eigenvalue weighted by molar-refractivity contribution is 5.97. The van der Waals surface area contributed by atoms with E-state index in [0.717, 1.165) is 49.3 Å². The molecule has 1 amide bonds. The number of nitrogens with two attached hydrogens (primary N) is 1. The fraction of sp³-hybridized carbons (Fsp3) is 0.556. The van der Waals surface area contributed by atoms with Crippen LogP contribution in [0.1, 0.15) is 29.6 Å². The molecular formula is C18H27N5O2. The smallest absolute Gasteiger partial charge is 0.253 e. The van der Waals surface area contributed by atoms with Crippen molar-refractivity contribution in [2.24, 2.45) is 12.8 Å². The van der Waals surface area contributed by atoms with Gasteiger partial charge in [0, 0.05) is 45.4 Å². The Hall–Kier alpha value is -2.12. The number of amides is 1. The molecule has 1 aromatic carbocycles. The van der Waals surface area contributed by atoms with Gasteiger partial charge in [0.25, 0.3) is 5.91 Å². The molecule has 2 aromatic rings. The fourth-order valence-electron chi connectivity index (χ4n) is 3.26. The maximum atomic E-state index is 12.8. The number of benzene rings is 1. The number of fused-ring (bicyclic) bond motifs is 1. The Morgan fingerprint density at radius 1 is 1.40 bits per heavy atom. The van der Waals surface area contributed by atoms with Crippen LogP contribution < -0.4 is 11.1 Å². The molecule has 7 nitrogen and oxygen atoms in total. The van der Waals surface area contributed by atoms with Crippen LogP contribution in [0.5, 0.6) is 0 Å². The van der Waals surface area contributed by atoms with Gasteiger partial charge >= 0.3 is 0 Å². The first kappa shape index (κ1) is 17.7. The number of methoxy groups -OCH3 is 1. The quantitative estimate of drug-likeness (QED) is 0.804. The van der Waals surface area contributed by atoms with E-state index in [1.54, 1.807) is 7.11 Å². The van der Waals surface area contributed by atoms with Crippen LogP contribution in [0.2, 0.25) is 0 Å². The Bertz CT molecular complexity index is 742. The number of rotatable bonds is 5. The van der Waals surface area contributed by atoms with Crippen molar-refractivity contribution >= 4 is 22.9 Å². The zero-order chi connectivity index (χ0) is 17.8. The average Bonchev–Trinajstić information content (AvgIpc) is 2.78. The lowest BCUT2D eigenvalue weighted by atomic mass is 10.1. The van der Waals surface area contributed by atoms with Gasteiger partial charge in [-0.15, -0.1) is 0 Å². The van der Waals surface area contributed by atoms with Crippen molar-refractivity contribution in [2.75, 3.05) is 38.7 Å². The number of carbonyl (C=O) groups excluding carboxylic acids is 1. The summed E-state index contributed by atoms with van der Waals surface area (Å²) in [6, 6.07) is 5.93. The summed E-state index contributed by atoms with van der Waals surface area (Å²) in [5.41, 5.74) is 8.51. The van der Waals surface area contributed by atoms with E-state index in [2.05, 4.69) is 10.3 Å². The first-order valence-electron chi connectivity index (χ1n) is 8.84. The molecule has 136 valence electrons. The summed E-state index contributed by atoms with van der Waals surface area (Å²) in [6.45, 7) is 2.80. The van der Waals surface area contributed by atoms with Crippen molar-refractivity contribution in [3.63, 3.8) is 0 Å². The summed E-state index contributed by atoms with van der Waals surface area (Å²) < 4.78 is 7.04. The minimum atomic E-state index is 0.0653. The lowest BCUT2D eigenvalue weighted by Crippen LogP contribution is -2.32. The number of hydrogen-bond donors (Lipinski definition) is 2. The number of carbonyl (C=O) groups is 1. The fourth-order valence-corrected chi connectivity index (χ4v) is 3.26. The zero-order valence-electron chi connectivity index (χ0n) is 15.0. The van der Waals surface area contributed by atoms with Crippen molar-refractivity contribution in [1.29, 1.82) is 0 Å². The van der Waals surface area contributed by atoms with Gasteiger partial charge in [-0.1, -0.05) is 0 Å². The highest BCUT2D eigenvalue weighted by atomic mass is 16.5. The van der Waals surface area contributed by atoms with Crippen molar-refractivity contribution in [1.82, 2.24) is 14.5 Å². The first-order chi connectivity index (χ1) is 12.1. The number of nitrogens with zero attached hydrogens (tertiary/aromatic N) is 3. The summed E-state index contributed by atoms with van der Waals surface area (Å²) >= 11 is 0. The molecule has 0 unspecified atom stereocenters. The van der Waals surface area contributed by atoms with Crippen molar-refractivity contribution < 1.29 is 9.53 Å². The van der Waals surface area contributed by atoms with Gasteiger partial charge in [0.15, 0.2) is 0 Å². The number of hydrogen-bond acceptors (Lipinski definition) is 5. The van der Waals surface area contributed by atoms with Crippen LogP contribution in [0.4, 0.5) is 5.95 Å². The molecule has 0 radical (unpaired) electrons. The topological polar surface area (TPSA) is 85.4 Å². The van der Waals surface area contributed by atoms with Gasteiger partial charge in [0.1, 0.15) is 0 Å². The highest BCUT2D eigenvalue weighted by Gasteiger charge is 2.20. The van der Waals surface area contributed by atoms with Crippen LogP contribution in [0.3, 0.4) is 0 Å². The summed E-state index contributed by atoms with van der Waals surface area (Å²) in [7, 11) is 3.63. The van der Waals surface area contributed by atoms with Crippen LogP contribution in [-0.4, -0.2) is 59.8 Å². The highest BCUT2D eigenvalue weighted by Crippen LogP contribution is 2.21. The standard InChI is InChI=1S/C18H27N5O2/c1-22-16-6-5-13(12-15(16)21-18(22)20-8-11-25-2)17(24)23-9-3-4-14(19)7-10-23/h5-6,12,14H,3-4,7-11,19H2,1-2H3,(H,20,21)/t14-/m1/s1. The molecule has 3 rings (SSSR count). The minimum absolute atomic E-state index is 0.0653. The van der Waals surface area contributed by atoms with Crippen LogP contribution in [0, 0.1) is 0 Å². The van der Waals surface area contributed by atoms with E-state index in [4.69, 9.17) is 10.5 Å². The minimum Gasteiger partial charge on any atom is -0.383 e. The van der Waals surface area contributed by atoms with Gasteiger partial charge in [-0.25, -0.2) is 4.98 Å². The number of imidazole rings is 1. The first-order valence-corrected chi connectivity index (χ1v) is 8.84. The molecule has 1 aliphatic rings. The van der Waals surface area contributed by atoms with Crippen LogP contribution in [-0.2, 0) is 11.8 Å². The maximum Gasteiger partial charge on any atom is 0.253 e. The third kappa shape index (κ3) is 3.93. The molecule has 0 aliphatic carbocycles. The largest absolute Gasteiger partial charge is 0.383 e. The molecule has 1 saturated heterocycles. The number of nitrogens with one attached hydrogen (secondary N) is 1. The van der Waals surface area contributed by atoms with Gasteiger partial charge in [-0.05, 0) is 37.5 Å². The third-order valence-corrected chi connectivity index (χ3v) is 4.78. The molecule has 1 atom stereocenters. The third-order valence-electron chi connectivity index (χ3n) is 4.78. The van der Waals surface area contributed by atoms with E-state index in [1.165, 1.54) is 0 Å². The molecule has 1 aliphatic heterocycles. The average molecular weight is 345 g/mol. The molecule has 0 saturated carbocycles. The van der Waals surface area contributed by atoms with E-state index >= 15 is 0 Å². The Morgan fingerprint density at radius 3 is 3.04 bits per heavy atom. The lowest BCUT2D eigenvalue weighted by Gasteiger charge is -2.20. The Kier molecular flexibility index (Phi) is 5.55. The second-order valence-corrected chi connectivity index (χ2v) is 6.60. The SMILES string of the molecule is COCCNc1nc2cc(C(=O)N3CCC[C@@H](N)CC3)ccc2n1C. The van der Waals surface area contributed by atoms with E-state index in [9.17, 15) is 4.79 Å². The normalized spacial score (nSPS) is 18.4. The molecule has 2 heterocycles. The van der Waals surface area contributed by atoms with Crippen LogP contribution in [0.25, 0.3) is 11.0 Å². The predicted octanol–water partition coefficient (Wildman–Crippen LogP) is 1.58. The molecule has 1 aromatic heterocycles. The van der Waals surface area contributed by atoms with Gasteiger partial charge in [-0.2, -0.15) is 0 Å². The predicted molar refractivity (Wildman–Crippen MR) is 98.8 cm³/mol. The number of anilines is 1. The molecule has 3 N–H and O–H groups in total.